The molecule has 0 unspecified atom stereocenters. The molecule has 0 aliphatic rings. The lowest BCUT2D eigenvalue weighted by atomic mass is 9.85. The van der Waals surface area contributed by atoms with E-state index in [2.05, 4.69) is 0 Å². The van der Waals surface area contributed by atoms with Gasteiger partial charge >= 0.3 is 0 Å². The van der Waals surface area contributed by atoms with Gasteiger partial charge in [0.25, 0.3) is 0 Å². The van der Waals surface area contributed by atoms with E-state index in [4.69, 9.17) is 0 Å². The molecule has 8 nitrogen and oxygen atoms in total. The molecule has 0 saturated carbocycles. The first-order valence-corrected chi connectivity index (χ1v) is 17.4. The number of rotatable bonds is 11. The highest BCUT2D eigenvalue weighted by Crippen LogP contribution is 2.51. The van der Waals surface area contributed by atoms with Gasteiger partial charge in [0.2, 0.25) is 0 Å². The topological polar surface area (TPSA) is 156 Å². The zero-order valence-electron chi connectivity index (χ0n) is 29.6. The fourth-order valence-electron chi connectivity index (χ4n) is 7.30. The van der Waals surface area contributed by atoms with Crippen LogP contribution in [-0.4, -0.2) is 42.2 Å². The SMILES string of the molecule is Cc1cc2c(C(=O)CC[C@@H](C)c3ccccc3)c(O)c(O)cc2c(O)c1-c1c(C)cc2c(C(=O)CC[C@H](C)c3ccccc3)c(O)c(O)cc2c1O. The summed E-state index contributed by atoms with van der Waals surface area (Å²) in [4.78, 5) is 27.3. The number of carbonyl (C=O) groups is 2. The third kappa shape index (κ3) is 6.48. The standard InChI is InChI=1S/C44H42O8/c1-23(27-11-7-5-8-12-27)15-17-33(45)39-29-19-25(3)37(41(49)31(29)21-35(47)43(39)51)38-26(4)20-30-32(42(38)50)22-36(48)44(52)40(30)34(46)18-16-24(2)28-13-9-6-10-14-28/h5-14,19-24,47-52H,15-18H2,1-4H3/t23-,24+. The van der Waals surface area contributed by atoms with E-state index in [0.717, 1.165) is 11.1 Å². The van der Waals surface area contributed by atoms with Gasteiger partial charge in [-0.3, -0.25) is 9.59 Å². The first-order chi connectivity index (χ1) is 24.8. The van der Waals surface area contributed by atoms with Gasteiger partial charge in [-0.05, 0) is 85.0 Å². The maximum Gasteiger partial charge on any atom is 0.169 e. The van der Waals surface area contributed by atoms with Crippen LogP contribution in [0.4, 0.5) is 0 Å². The summed E-state index contributed by atoms with van der Waals surface area (Å²) >= 11 is 0. The fraction of sp³-hybridized carbons (Fsp3) is 0.227. The first-order valence-electron chi connectivity index (χ1n) is 17.4. The van der Waals surface area contributed by atoms with Crippen molar-refractivity contribution in [2.24, 2.45) is 0 Å². The number of ketones is 2. The average Bonchev–Trinajstić information content (AvgIpc) is 3.13. The van der Waals surface area contributed by atoms with Crippen LogP contribution in [0.5, 0.6) is 34.5 Å². The van der Waals surface area contributed by atoms with E-state index in [1.165, 1.54) is 12.1 Å². The molecule has 6 aromatic carbocycles. The lowest BCUT2D eigenvalue weighted by Crippen LogP contribution is -2.05. The fourth-order valence-corrected chi connectivity index (χ4v) is 7.30. The van der Waals surface area contributed by atoms with Crippen molar-refractivity contribution in [3.8, 4) is 45.6 Å². The Labute approximate surface area is 301 Å². The van der Waals surface area contributed by atoms with Crippen LogP contribution in [0.25, 0.3) is 32.7 Å². The maximum atomic E-state index is 13.6. The minimum Gasteiger partial charge on any atom is -0.507 e. The van der Waals surface area contributed by atoms with E-state index in [-0.39, 0.29) is 80.0 Å². The Morgan fingerprint density at radius 2 is 0.846 bits per heavy atom. The molecule has 0 fully saturated rings. The largest absolute Gasteiger partial charge is 0.507 e. The third-order valence-electron chi connectivity index (χ3n) is 10.3. The number of hydrogen-bond acceptors (Lipinski definition) is 8. The number of hydrogen-bond donors (Lipinski definition) is 6. The second-order valence-corrected chi connectivity index (χ2v) is 13.8. The van der Waals surface area contributed by atoms with Gasteiger partial charge in [0, 0.05) is 45.5 Å². The Morgan fingerprint density at radius 3 is 1.19 bits per heavy atom. The predicted molar refractivity (Wildman–Crippen MR) is 203 cm³/mol. The molecular weight excluding hydrogens is 656 g/mol. The van der Waals surface area contributed by atoms with Gasteiger partial charge < -0.3 is 30.6 Å². The van der Waals surface area contributed by atoms with Crippen molar-refractivity contribution in [3.63, 3.8) is 0 Å². The van der Waals surface area contributed by atoms with E-state index >= 15 is 0 Å². The summed E-state index contributed by atoms with van der Waals surface area (Å²) in [6.45, 7) is 7.39. The molecule has 6 N–H and O–H groups in total. The first kappa shape index (κ1) is 35.8. The van der Waals surface area contributed by atoms with E-state index < -0.39 is 34.6 Å². The summed E-state index contributed by atoms with van der Waals surface area (Å²) in [7, 11) is 0. The van der Waals surface area contributed by atoms with Crippen LogP contribution >= 0.6 is 0 Å². The van der Waals surface area contributed by atoms with Gasteiger partial charge in [0.1, 0.15) is 11.5 Å². The number of aromatic hydroxyl groups is 6. The van der Waals surface area contributed by atoms with Gasteiger partial charge in [-0.25, -0.2) is 0 Å². The molecule has 0 spiro atoms. The Morgan fingerprint density at radius 1 is 0.500 bits per heavy atom. The maximum absolute atomic E-state index is 13.6. The smallest absolute Gasteiger partial charge is 0.169 e. The number of aryl methyl sites for hydroxylation is 2. The normalized spacial score (nSPS) is 12.6. The number of benzene rings is 6. The van der Waals surface area contributed by atoms with Crippen molar-refractivity contribution in [1.82, 2.24) is 0 Å². The minimum absolute atomic E-state index is 0.0615. The molecule has 6 aromatic rings. The molecule has 0 bridgehead atoms. The summed E-state index contributed by atoms with van der Waals surface area (Å²) in [6, 6.07) is 25.1. The number of phenols is 6. The van der Waals surface area contributed by atoms with Crippen LogP contribution in [0, 0.1) is 13.8 Å². The molecule has 0 heterocycles. The average molecular weight is 699 g/mol. The molecule has 0 aromatic heterocycles. The van der Waals surface area contributed by atoms with Crippen LogP contribution in [0.3, 0.4) is 0 Å². The molecule has 0 aliphatic heterocycles. The van der Waals surface area contributed by atoms with Crippen LogP contribution in [0.2, 0.25) is 0 Å². The Bertz CT molecular complexity index is 2180. The molecule has 8 heteroatoms. The van der Waals surface area contributed by atoms with E-state index in [1.807, 2.05) is 74.5 Å². The van der Waals surface area contributed by atoms with Gasteiger partial charge in [0.15, 0.2) is 34.6 Å². The Kier molecular flexibility index (Phi) is 9.85. The Balaban J connectivity index is 1.41. The minimum atomic E-state index is -0.582. The van der Waals surface area contributed by atoms with Crippen molar-refractivity contribution in [2.45, 2.75) is 65.2 Å². The van der Waals surface area contributed by atoms with Crippen LogP contribution in [0.15, 0.2) is 84.9 Å². The molecule has 0 aliphatic carbocycles. The second kappa shape index (κ2) is 14.3. The van der Waals surface area contributed by atoms with Crippen molar-refractivity contribution in [3.05, 3.63) is 118 Å². The van der Waals surface area contributed by atoms with Crippen molar-refractivity contribution >= 4 is 33.1 Å². The lowest BCUT2D eigenvalue weighted by molar-refractivity contribution is 0.0968. The molecule has 0 radical (unpaired) electrons. The summed E-state index contributed by atoms with van der Waals surface area (Å²) in [5.41, 5.74) is 3.23. The lowest BCUT2D eigenvalue weighted by Gasteiger charge is -2.20. The van der Waals surface area contributed by atoms with Gasteiger partial charge in [-0.1, -0.05) is 74.5 Å². The number of carbonyl (C=O) groups excluding carboxylic acids is 2. The molecule has 2 atom stereocenters. The molecule has 0 saturated heterocycles. The molecule has 0 amide bonds. The summed E-state index contributed by atoms with van der Waals surface area (Å²) in [5, 5.41) is 67.5. The second-order valence-electron chi connectivity index (χ2n) is 13.8. The number of fused-ring (bicyclic) bond motifs is 2. The summed E-state index contributed by atoms with van der Waals surface area (Å²) < 4.78 is 0. The number of Topliss-reactive ketones (excluding diaryl/α,β-unsaturated/α-hetero) is 2. The zero-order chi connectivity index (χ0) is 37.4. The molecular formula is C44H42O8. The number of phenolic OH excluding ortho intramolecular Hbond substituents is 6. The highest BCUT2D eigenvalue weighted by atomic mass is 16.3. The van der Waals surface area contributed by atoms with Crippen molar-refractivity contribution < 1.29 is 40.2 Å². The monoisotopic (exact) mass is 698 g/mol. The van der Waals surface area contributed by atoms with Crippen LogP contribution < -0.4 is 0 Å². The van der Waals surface area contributed by atoms with E-state index in [1.54, 1.807) is 26.0 Å². The van der Waals surface area contributed by atoms with Crippen LogP contribution in [-0.2, 0) is 0 Å². The van der Waals surface area contributed by atoms with E-state index in [0.29, 0.717) is 24.0 Å². The predicted octanol–water partition coefficient (Wildman–Crippen LogP) is 10.0. The summed E-state index contributed by atoms with van der Waals surface area (Å²) in [5.74, 6) is -3.68. The van der Waals surface area contributed by atoms with Crippen molar-refractivity contribution in [2.75, 3.05) is 0 Å². The highest BCUT2D eigenvalue weighted by molar-refractivity contribution is 6.16. The zero-order valence-corrected chi connectivity index (χ0v) is 29.6. The third-order valence-corrected chi connectivity index (χ3v) is 10.3. The van der Waals surface area contributed by atoms with Gasteiger partial charge in [-0.2, -0.15) is 0 Å². The Hall–Kier alpha value is -6.02. The van der Waals surface area contributed by atoms with E-state index in [9.17, 15) is 40.2 Å². The molecule has 6 rings (SSSR count). The summed E-state index contributed by atoms with van der Waals surface area (Å²) in [6.07, 6.45) is 1.14. The van der Waals surface area contributed by atoms with Crippen LogP contribution in [0.1, 0.15) is 94.3 Å². The quantitative estimate of drug-likeness (QED) is 0.0577. The molecule has 52 heavy (non-hydrogen) atoms. The van der Waals surface area contributed by atoms with Gasteiger partial charge in [-0.15, -0.1) is 0 Å². The highest BCUT2D eigenvalue weighted by Gasteiger charge is 2.28. The van der Waals surface area contributed by atoms with Crippen molar-refractivity contribution in [1.29, 1.82) is 0 Å². The van der Waals surface area contributed by atoms with Gasteiger partial charge in [0.05, 0.1) is 11.1 Å². The molecule has 266 valence electrons.